The van der Waals surface area contributed by atoms with E-state index in [9.17, 15) is 0 Å². The van der Waals surface area contributed by atoms with Crippen LogP contribution in [0.25, 0.3) is 0 Å². The minimum Gasteiger partial charge on any atom is -0.491 e. The molecule has 4 heteroatoms. The van der Waals surface area contributed by atoms with Crippen LogP contribution in [0.3, 0.4) is 0 Å². The number of fused-ring (bicyclic) bond motifs is 1. The second-order valence-electron chi connectivity index (χ2n) is 3.71. The van der Waals surface area contributed by atoms with Gasteiger partial charge < -0.3 is 14.7 Å². The van der Waals surface area contributed by atoms with Crippen molar-refractivity contribution >= 4 is 5.71 Å². The average Bonchev–Trinajstić information content (AvgIpc) is 2.71. The molecule has 0 heterocycles. The highest BCUT2D eigenvalue weighted by Crippen LogP contribution is 2.26. The van der Waals surface area contributed by atoms with E-state index >= 15 is 0 Å². The Kier molecular flexibility index (Phi) is 3.41. The maximum absolute atomic E-state index is 8.80. The Balaban J connectivity index is 2.09. The Bertz CT molecular complexity index is 401. The first-order valence-corrected chi connectivity index (χ1v) is 5.31. The summed E-state index contributed by atoms with van der Waals surface area (Å²) < 4.78 is 10.4. The molecular weight excluding hydrogens is 206 g/mol. The van der Waals surface area contributed by atoms with Gasteiger partial charge in [0.25, 0.3) is 0 Å². The molecule has 1 aliphatic rings. The fraction of sp³-hybridized carbons (Fsp3) is 0.417. The van der Waals surface area contributed by atoms with Gasteiger partial charge in [-0.15, -0.1) is 0 Å². The summed E-state index contributed by atoms with van der Waals surface area (Å²) in [5.74, 6) is 0.843. The Morgan fingerprint density at radius 2 is 2.19 bits per heavy atom. The number of rotatable bonds is 4. The summed E-state index contributed by atoms with van der Waals surface area (Å²) in [6.45, 7) is 1.14. The third kappa shape index (κ3) is 2.17. The van der Waals surface area contributed by atoms with Crippen molar-refractivity contribution in [2.75, 3.05) is 20.3 Å². The van der Waals surface area contributed by atoms with Gasteiger partial charge in [0.1, 0.15) is 12.4 Å². The van der Waals surface area contributed by atoms with Crippen molar-refractivity contribution < 1.29 is 14.7 Å². The van der Waals surface area contributed by atoms with E-state index in [0.717, 1.165) is 29.9 Å². The van der Waals surface area contributed by atoms with Crippen LogP contribution < -0.4 is 4.74 Å². The van der Waals surface area contributed by atoms with Gasteiger partial charge in [-0.25, -0.2) is 0 Å². The van der Waals surface area contributed by atoms with Gasteiger partial charge in [-0.1, -0.05) is 5.16 Å². The number of nitrogens with zero attached hydrogens (tertiary/aromatic N) is 1. The van der Waals surface area contributed by atoms with Crippen LogP contribution in [0, 0.1) is 0 Å². The molecule has 16 heavy (non-hydrogen) atoms. The van der Waals surface area contributed by atoms with E-state index in [1.165, 1.54) is 5.56 Å². The predicted octanol–water partition coefficient (Wildman–Crippen LogP) is 1.84. The van der Waals surface area contributed by atoms with Crippen LogP contribution in [0.1, 0.15) is 17.5 Å². The van der Waals surface area contributed by atoms with Crippen molar-refractivity contribution in [3.63, 3.8) is 0 Å². The summed E-state index contributed by atoms with van der Waals surface area (Å²) in [6, 6.07) is 5.84. The first kappa shape index (κ1) is 11.0. The Labute approximate surface area is 94.5 Å². The zero-order valence-corrected chi connectivity index (χ0v) is 9.27. The van der Waals surface area contributed by atoms with Gasteiger partial charge in [0, 0.05) is 12.7 Å². The lowest BCUT2D eigenvalue weighted by Gasteiger charge is -2.07. The van der Waals surface area contributed by atoms with Gasteiger partial charge in [-0.3, -0.25) is 0 Å². The number of hydrogen-bond acceptors (Lipinski definition) is 4. The molecule has 0 aromatic heterocycles. The molecule has 86 valence electrons. The van der Waals surface area contributed by atoms with Crippen molar-refractivity contribution in [2.24, 2.45) is 5.16 Å². The Hall–Kier alpha value is -1.55. The van der Waals surface area contributed by atoms with E-state index in [1.54, 1.807) is 7.11 Å². The molecule has 0 spiro atoms. The molecule has 1 aromatic rings. The third-order valence-corrected chi connectivity index (χ3v) is 2.70. The standard InChI is InChI=1S/C12H15NO3/c1-15-6-7-16-10-3-4-11-9(8-10)2-5-12(11)13-14/h3-4,8,14H,2,5-7H2,1H3/b13-12+. The molecule has 0 fully saturated rings. The van der Waals surface area contributed by atoms with E-state index in [4.69, 9.17) is 14.7 Å². The largest absolute Gasteiger partial charge is 0.491 e. The van der Waals surface area contributed by atoms with E-state index in [1.807, 2.05) is 18.2 Å². The van der Waals surface area contributed by atoms with Crippen molar-refractivity contribution in [1.29, 1.82) is 0 Å². The van der Waals surface area contributed by atoms with Crippen molar-refractivity contribution in [1.82, 2.24) is 0 Å². The maximum Gasteiger partial charge on any atom is 0.119 e. The minimum absolute atomic E-state index is 0.552. The number of hydrogen-bond donors (Lipinski definition) is 1. The molecule has 1 N–H and O–H groups in total. The SMILES string of the molecule is COCCOc1ccc2c(c1)CC/C2=N\O. The van der Waals surface area contributed by atoms with Crippen LogP contribution in [0.2, 0.25) is 0 Å². The van der Waals surface area contributed by atoms with E-state index in [-0.39, 0.29) is 0 Å². The van der Waals surface area contributed by atoms with Gasteiger partial charge in [-0.2, -0.15) is 0 Å². The van der Waals surface area contributed by atoms with Gasteiger partial charge in [0.2, 0.25) is 0 Å². The molecule has 0 radical (unpaired) electrons. The van der Waals surface area contributed by atoms with Gasteiger partial charge >= 0.3 is 0 Å². The first-order valence-electron chi connectivity index (χ1n) is 5.31. The molecule has 4 nitrogen and oxygen atoms in total. The average molecular weight is 221 g/mol. The number of aryl methyl sites for hydroxylation is 1. The number of oxime groups is 1. The van der Waals surface area contributed by atoms with Crippen LogP contribution >= 0.6 is 0 Å². The lowest BCUT2D eigenvalue weighted by molar-refractivity contribution is 0.146. The lowest BCUT2D eigenvalue weighted by Crippen LogP contribution is -2.04. The van der Waals surface area contributed by atoms with E-state index < -0.39 is 0 Å². The second kappa shape index (κ2) is 4.99. The van der Waals surface area contributed by atoms with Gasteiger partial charge in [0.15, 0.2) is 0 Å². The monoisotopic (exact) mass is 221 g/mol. The normalized spacial score (nSPS) is 16.4. The highest BCUT2D eigenvalue weighted by Gasteiger charge is 2.18. The Morgan fingerprint density at radius 3 is 2.94 bits per heavy atom. The molecule has 0 atom stereocenters. The van der Waals surface area contributed by atoms with Crippen LogP contribution in [0.5, 0.6) is 5.75 Å². The number of ether oxygens (including phenoxy) is 2. The highest BCUT2D eigenvalue weighted by atomic mass is 16.5. The smallest absolute Gasteiger partial charge is 0.119 e. The molecule has 0 saturated heterocycles. The molecule has 0 bridgehead atoms. The summed E-state index contributed by atoms with van der Waals surface area (Å²) in [5.41, 5.74) is 2.97. The topological polar surface area (TPSA) is 51.0 Å². The summed E-state index contributed by atoms with van der Waals surface area (Å²) >= 11 is 0. The van der Waals surface area contributed by atoms with Crippen LogP contribution in [-0.4, -0.2) is 31.2 Å². The molecule has 0 unspecified atom stereocenters. The van der Waals surface area contributed by atoms with E-state index in [2.05, 4.69) is 5.16 Å². The summed E-state index contributed by atoms with van der Waals surface area (Å²) in [4.78, 5) is 0. The molecule has 0 amide bonds. The van der Waals surface area contributed by atoms with Crippen molar-refractivity contribution in [3.05, 3.63) is 29.3 Å². The highest BCUT2D eigenvalue weighted by molar-refractivity contribution is 6.04. The fourth-order valence-corrected chi connectivity index (χ4v) is 1.88. The van der Waals surface area contributed by atoms with Crippen molar-refractivity contribution in [3.8, 4) is 5.75 Å². The number of benzene rings is 1. The quantitative estimate of drug-likeness (QED) is 0.479. The van der Waals surface area contributed by atoms with Crippen LogP contribution in [0.15, 0.2) is 23.4 Å². The lowest BCUT2D eigenvalue weighted by atomic mass is 10.1. The molecule has 1 aliphatic carbocycles. The van der Waals surface area contributed by atoms with Crippen LogP contribution in [-0.2, 0) is 11.2 Å². The summed E-state index contributed by atoms with van der Waals surface area (Å²) in [7, 11) is 1.65. The number of methoxy groups -OCH3 is 1. The maximum atomic E-state index is 8.80. The fourth-order valence-electron chi connectivity index (χ4n) is 1.88. The molecule has 2 rings (SSSR count). The summed E-state index contributed by atoms with van der Waals surface area (Å²) in [5, 5.41) is 12.1. The van der Waals surface area contributed by atoms with Crippen LogP contribution in [0.4, 0.5) is 0 Å². The molecule has 0 aliphatic heterocycles. The molecular formula is C12H15NO3. The molecule has 0 saturated carbocycles. The van der Waals surface area contributed by atoms with Crippen molar-refractivity contribution in [2.45, 2.75) is 12.8 Å². The first-order chi connectivity index (χ1) is 7.85. The third-order valence-electron chi connectivity index (χ3n) is 2.70. The predicted molar refractivity (Wildman–Crippen MR) is 60.5 cm³/mol. The van der Waals surface area contributed by atoms with Gasteiger partial charge in [-0.05, 0) is 36.6 Å². The molecule has 1 aromatic carbocycles. The summed E-state index contributed by atoms with van der Waals surface area (Å²) in [6.07, 6.45) is 1.71. The Morgan fingerprint density at radius 1 is 1.31 bits per heavy atom. The minimum atomic E-state index is 0.552. The zero-order valence-electron chi connectivity index (χ0n) is 9.27. The zero-order chi connectivity index (χ0) is 11.4. The second-order valence-corrected chi connectivity index (χ2v) is 3.71. The van der Waals surface area contributed by atoms with Gasteiger partial charge in [0.05, 0.1) is 12.3 Å². The van der Waals surface area contributed by atoms with E-state index in [0.29, 0.717) is 13.2 Å².